The number of aliphatic carboxylic acids is 1. The number of nitrogens with one attached hydrogen (secondary N) is 1. The van der Waals surface area contributed by atoms with Crippen molar-refractivity contribution in [1.82, 2.24) is 4.72 Å². The predicted octanol–water partition coefficient (Wildman–Crippen LogP) is 3.02. The molecule has 0 spiro atoms. The molecule has 4 heteroatoms. The first kappa shape index (κ1) is 14.1. The molecule has 0 aliphatic carbocycles. The maximum Gasteiger partial charge on any atom is 0.329 e. The normalized spacial score (nSPS) is 15.3. The number of carboxylic acids is 1. The fourth-order valence-corrected chi connectivity index (χ4v) is 1.97. The van der Waals surface area contributed by atoms with Gasteiger partial charge in [0.05, 0.1) is 0 Å². The van der Waals surface area contributed by atoms with Crippen LogP contribution in [0.2, 0.25) is 0 Å². The fraction of sp³-hybridized carbons (Fsp3) is 0.462. The molecule has 94 valence electrons. The van der Waals surface area contributed by atoms with Gasteiger partial charge in [-0.3, -0.25) is 0 Å². The minimum Gasteiger partial charge on any atom is -0.480 e. The highest BCUT2D eigenvalue weighted by Crippen LogP contribution is 2.29. The van der Waals surface area contributed by atoms with Gasteiger partial charge in [0.2, 0.25) is 0 Å². The predicted molar refractivity (Wildman–Crippen MR) is 71.9 cm³/mol. The van der Waals surface area contributed by atoms with Crippen molar-refractivity contribution in [3.05, 3.63) is 35.9 Å². The zero-order valence-electron chi connectivity index (χ0n) is 10.7. The van der Waals surface area contributed by atoms with Crippen LogP contribution in [0.4, 0.5) is 0 Å². The van der Waals surface area contributed by atoms with Gasteiger partial charge in [-0.05, 0) is 33.3 Å². The first-order valence-corrected chi connectivity index (χ1v) is 6.31. The van der Waals surface area contributed by atoms with E-state index in [4.69, 9.17) is 0 Å². The summed E-state index contributed by atoms with van der Waals surface area (Å²) in [5.41, 5.74) is -0.316. The number of rotatable bonds is 4. The first-order chi connectivity index (χ1) is 7.76. The van der Waals surface area contributed by atoms with Crippen molar-refractivity contribution < 1.29 is 9.90 Å². The molecular weight excluding hydrogens is 234 g/mol. The molecule has 1 aromatic carbocycles. The topological polar surface area (TPSA) is 49.3 Å². The van der Waals surface area contributed by atoms with Gasteiger partial charge in [-0.2, -0.15) is 0 Å². The van der Waals surface area contributed by atoms with Crippen LogP contribution in [-0.4, -0.2) is 15.8 Å². The molecule has 1 rings (SSSR count). The maximum absolute atomic E-state index is 11.5. The molecular formula is C13H19NO2S. The average Bonchev–Trinajstić information content (AvgIpc) is 2.26. The van der Waals surface area contributed by atoms with Crippen LogP contribution in [0, 0.1) is 0 Å². The van der Waals surface area contributed by atoms with Crippen LogP contribution in [0.1, 0.15) is 33.3 Å². The number of benzene rings is 1. The molecule has 0 saturated carbocycles. The van der Waals surface area contributed by atoms with Gasteiger partial charge >= 0.3 is 5.97 Å². The molecule has 0 heterocycles. The third-order valence-electron chi connectivity index (χ3n) is 2.34. The van der Waals surface area contributed by atoms with Gasteiger partial charge in [-0.25, -0.2) is 9.52 Å². The van der Waals surface area contributed by atoms with Gasteiger partial charge in [0.15, 0.2) is 0 Å². The molecule has 3 nitrogen and oxygen atoms in total. The lowest BCUT2D eigenvalue weighted by Gasteiger charge is -2.30. The van der Waals surface area contributed by atoms with Gasteiger partial charge in [-0.1, -0.05) is 42.3 Å². The van der Waals surface area contributed by atoms with Gasteiger partial charge in [-0.15, -0.1) is 0 Å². The third kappa shape index (κ3) is 3.75. The van der Waals surface area contributed by atoms with E-state index in [2.05, 4.69) is 4.72 Å². The van der Waals surface area contributed by atoms with Crippen LogP contribution < -0.4 is 4.72 Å². The van der Waals surface area contributed by atoms with Crippen molar-refractivity contribution in [3.8, 4) is 0 Å². The number of carbonyl (C=O) groups is 1. The highest BCUT2D eigenvalue weighted by molar-refractivity contribution is 7.98. The Morgan fingerprint density at radius 1 is 1.18 bits per heavy atom. The van der Waals surface area contributed by atoms with E-state index in [0.29, 0.717) is 0 Å². The molecule has 0 fully saturated rings. The lowest BCUT2D eigenvalue weighted by Crippen LogP contribution is -2.44. The highest BCUT2D eigenvalue weighted by atomic mass is 32.2. The summed E-state index contributed by atoms with van der Waals surface area (Å²) in [7, 11) is 0. The molecule has 1 atom stereocenters. The lowest BCUT2D eigenvalue weighted by atomic mass is 9.94. The second-order valence-corrected chi connectivity index (χ2v) is 6.75. The largest absolute Gasteiger partial charge is 0.480 e. The Morgan fingerprint density at radius 2 is 1.71 bits per heavy atom. The second-order valence-electron chi connectivity index (χ2n) is 5.11. The Labute approximate surface area is 107 Å². The Balaban J connectivity index is 2.95. The second kappa shape index (κ2) is 5.10. The zero-order valence-corrected chi connectivity index (χ0v) is 11.5. The minimum absolute atomic E-state index is 0.0362. The summed E-state index contributed by atoms with van der Waals surface area (Å²) in [6.07, 6.45) is 0. The third-order valence-corrected chi connectivity index (χ3v) is 3.46. The molecule has 2 N–H and O–H groups in total. The van der Waals surface area contributed by atoms with Gasteiger partial charge in [0, 0.05) is 4.75 Å². The Hall–Kier alpha value is -1.00. The smallest absolute Gasteiger partial charge is 0.329 e. The van der Waals surface area contributed by atoms with E-state index in [0.717, 1.165) is 5.56 Å². The van der Waals surface area contributed by atoms with Crippen molar-refractivity contribution in [1.29, 1.82) is 0 Å². The summed E-state index contributed by atoms with van der Waals surface area (Å²) in [5, 5.41) is 9.41. The Morgan fingerprint density at radius 3 is 2.12 bits per heavy atom. The van der Waals surface area contributed by atoms with Crippen molar-refractivity contribution in [2.75, 3.05) is 0 Å². The Kier molecular flexibility index (Phi) is 4.22. The van der Waals surface area contributed by atoms with Crippen molar-refractivity contribution in [3.63, 3.8) is 0 Å². The zero-order chi connectivity index (χ0) is 13.1. The molecule has 0 bridgehead atoms. The Bertz CT molecular complexity index is 386. The standard InChI is InChI=1S/C13H19NO2S/c1-12(2,3)17-14-13(4,11(15)16)10-8-6-5-7-9-10/h5-9,14H,1-4H3,(H,15,16). The SMILES string of the molecule is CC(C)(C)SNC(C)(C(=O)O)c1ccccc1. The van der Waals surface area contributed by atoms with Gasteiger partial charge < -0.3 is 5.11 Å². The number of hydrogen-bond donors (Lipinski definition) is 2. The highest BCUT2D eigenvalue weighted by Gasteiger charge is 2.36. The van der Waals surface area contributed by atoms with E-state index in [9.17, 15) is 9.90 Å². The number of carboxylic acid groups (broad SMARTS) is 1. The summed E-state index contributed by atoms with van der Waals surface area (Å²) in [4.78, 5) is 11.5. The van der Waals surface area contributed by atoms with E-state index < -0.39 is 11.5 Å². The molecule has 17 heavy (non-hydrogen) atoms. The molecule has 1 unspecified atom stereocenters. The van der Waals surface area contributed by atoms with E-state index in [1.54, 1.807) is 6.92 Å². The van der Waals surface area contributed by atoms with E-state index >= 15 is 0 Å². The molecule has 0 aliphatic rings. The van der Waals surface area contributed by atoms with Crippen molar-refractivity contribution in [2.45, 2.75) is 38.0 Å². The van der Waals surface area contributed by atoms with E-state index in [1.807, 2.05) is 51.1 Å². The van der Waals surface area contributed by atoms with Crippen LogP contribution in [0.3, 0.4) is 0 Å². The maximum atomic E-state index is 11.5. The summed E-state index contributed by atoms with van der Waals surface area (Å²) >= 11 is 1.43. The van der Waals surface area contributed by atoms with Crippen LogP contribution in [-0.2, 0) is 10.3 Å². The summed E-state index contributed by atoms with van der Waals surface area (Å²) in [5.74, 6) is -0.875. The van der Waals surface area contributed by atoms with Crippen LogP contribution in [0.15, 0.2) is 30.3 Å². The molecule has 0 radical (unpaired) electrons. The van der Waals surface area contributed by atoms with Crippen molar-refractivity contribution in [2.24, 2.45) is 0 Å². The quantitative estimate of drug-likeness (QED) is 0.810. The summed E-state index contributed by atoms with van der Waals surface area (Å²) in [6.45, 7) is 7.80. The van der Waals surface area contributed by atoms with Crippen LogP contribution >= 0.6 is 11.9 Å². The number of hydrogen-bond acceptors (Lipinski definition) is 3. The first-order valence-electron chi connectivity index (χ1n) is 5.50. The van der Waals surface area contributed by atoms with E-state index in [-0.39, 0.29) is 4.75 Å². The fourth-order valence-electron chi connectivity index (χ4n) is 1.25. The molecule has 0 amide bonds. The van der Waals surface area contributed by atoms with Gasteiger partial charge in [0.25, 0.3) is 0 Å². The molecule has 1 aromatic rings. The summed E-state index contributed by atoms with van der Waals surface area (Å²) < 4.78 is 3.03. The van der Waals surface area contributed by atoms with Crippen LogP contribution in [0.25, 0.3) is 0 Å². The molecule has 0 aliphatic heterocycles. The monoisotopic (exact) mass is 253 g/mol. The van der Waals surface area contributed by atoms with E-state index in [1.165, 1.54) is 11.9 Å². The molecule has 0 aromatic heterocycles. The van der Waals surface area contributed by atoms with Gasteiger partial charge in [0.1, 0.15) is 5.54 Å². The lowest BCUT2D eigenvalue weighted by molar-refractivity contribution is -0.143. The summed E-state index contributed by atoms with van der Waals surface area (Å²) in [6, 6.07) is 9.22. The van der Waals surface area contributed by atoms with Crippen molar-refractivity contribution >= 4 is 17.9 Å². The minimum atomic E-state index is -1.07. The van der Waals surface area contributed by atoms with Crippen LogP contribution in [0.5, 0.6) is 0 Å². The average molecular weight is 253 g/mol. The molecule has 0 saturated heterocycles.